The average Bonchev–Trinajstić information content (AvgIpc) is 2.57. The van der Waals surface area contributed by atoms with Gasteiger partial charge in [0.1, 0.15) is 23.1 Å². The summed E-state index contributed by atoms with van der Waals surface area (Å²) in [4.78, 5) is 11.2. The second-order valence-corrected chi connectivity index (χ2v) is 7.32. The number of nitrogens with zero attached hydrogens (tertiary/aromatic N) is 1. The maximum absolute atomic E-state index is 13.7. The number of ether oxygens (including phenoxy) is 2. The van der Waals surface area contributed by atoms with Crippen molar-refractivity contribution in [2.45, 2.75) is 17.7 Å². The number of hydrogen-bond donors (Lipinski definition) is 0. The molecule has 1 aromatic rings. The first kappa shape index (κ1) is 18.8. The number of hydrogen-bond acceptors (Lipinski definition) is 5. The molecule has 9 heteroatoms. The molecule has 1 aliphatic heterocycles. The first-order chi connectivity index (χ1) is 11.4. The molecule has 134 valence electrons. The van der Waals surface area contributed by atoms with E-state index in [1.165, 1.54) is 7.11 Å². The molecule has 0 amide bonds. The van der Waals surface area contributed by atoms with Gasteiger partial charge in [-0.2, -0.15) is 4.31 Å². The van der Waals surface area contributed by atoms with Gasteiger partial charge in [-0.15, -0.1) is 0 Å². The fourth-order valence-electron chi connectivity index (χ4n) is 2.49. The van der Waals surface area contributed by atoms with Crippen LogP contribution in [0.5, 0.6) is 0 Å². The molecule has 0 bridgehead atoms. The standard InChI is InChI=1S/C15H19F2NO5S/c1-22-8-9-23-15(19)11-4-6-18(7-5-11)24(20,21)14-10-12(16)2-3-13(14)17/h2-3,10-11H,4-9H2,1H3. The van der Waals surface area contributed by atoms with Crippen LogP contribution in [0.4, 0.5) is 8.78 Å². The third kappa shape index (κ3) is 4.28. The van der Waals surface area contributed by atoms with E-state index in [4.69, 9.17) is 9.47 Å². The smallest absolute Gasteiger partial charge is 0.309 e. The molecule has 1 fully saturated rings. The Bertz CT molecular complexity index is 687. The highest BCUT2D eigenvalue weighted by atomic mass is 32.2. The molecule has 0 aliphatic carbocycles. The van der Waals surface area contributed by atoms with E-state index >= 15 is 0 Å². The van der Waals surface area contributed by atoms with Crippen LogP contribution in [0.3, 0.4) is 0 Å². The van der Waals surface area contributed by atoms with E-state index in [-0.39, 0.29) is 39.1 Å². The molecule has 1 aliphatic rings. The Morgan fingerprint density at radius 1 is 1.25 bits per heavy atom. The van der Waals surface area contributed by atoms with Crippen molar-refractivity contribution in [3.05, 3.63) is 29.8 Å². The van der Waals surface area contributed by atoms with Crippen LogP contribution in [0.25, 0.3) is 0 Å². The van der Waals surface area contributed by atoms with Crippen molar-refractivity contribution in [2.75, 3.05) is 33.4 Å². The highest BCUT2D eigenvalue weighted by Gasteiger charge is 2.34. The number of carbonyl (C=O) groups is 1. The highest BCUT2D eigenvalue weighted by molar-refractivity contribution is 7.89. The monoisotopic (exact) mass is 363 g/mol. The minimum Gasteiger partial charge on any atom is -0.463 e. The lowest BCUT2D eigenvalue weighted by Crippen LogP contribution is -2.41. The zero-order valence-corrected chi connectivity index (χ0v) is 14.0. The van der Waals surface area contributed by atoms with E-state index in [1.54, 1.807) is 0 Å². The van der Waals surface area contributed by atoms with Gasteiger partial charge in [0, 0.05) is 20.2 Å². The van der Waals surface area contributed by atoms with Crippen LogP contribution in [-0.2, 0) is 24.3 Å². The minimum absolute atomic E-state index is 0.0440. The normalized spacial score (nSPS) is 17.0. The molecule has 0 spiro atoms. The number of piperidine rings is 1. The van der Waals surface area contributed by atoms with Crippen molar-refractivity contribution >= 4 is 16.0 Å². The predicted octanol–water partition coefficient (Wildman–Crippen LogP) is 1.56. The highest BCUT2D eigenvalue weighted by Crippen LogP contribution is 2.26. The average molecular weight is 363 g/mol. The first-order valence-electron chi connectivity index (χ1n) is 7.47. The maximum Gasteiger partial charge on any atom is 0.309 e. The van der Waals surface area contributed by atoms with Gasteiger partial charge in [-0.3, -0.25) is 4.79 Å². The number of esters is 1. The minimum atomic E-state index is -4.14. The Morgan fingerprint density at radius 3 is 2.54 bits per heavy atom. The number of halogens is 2. The fourth-order valence-corrected chi connectivity index (χ4v) is 4.03. The molecular formula is C15H19F2NO5S. The molecule has 0 N–H and O–H groups in total. The summed E-state index contributed by atoms with van der Waals surface area (Å²) in [6, 6.07) is 2.30. The molecule has 1 aromatic carbocycles. The van der Waals surface area contributed by atoms with E-state index in [1.807, 2.05) is 0 Å². The van der Waals surface area contributed by atoms with Crippen LogP contribution >= 0.6 is 0 Å². The van der Waals surface area contributed by atoms with Crippen molar-refractivity contribution in [3.63, 3.8) is 0 Å². The molecule has 0 unspecified atom stereocenters. The summed E-state index contributed by atoms with van der Waals surface area (Å²) in [5.74, 6) is -2.64. The molecule has 2 rings (SSSR count). The van der Waals surface area contributed by atoms with E-state index in [9.17, 15) is 22.0 Å². The van der Waals surface area contributed by atoms with Crippen LogP contribution in [0.15, 0.2) is 23.1 Å². The van der Waals surface area contributed by atoms with E-state index < -0.39 is 38.4 Å². The number of methoxy groups -OCH3 is 1. The van der Waals surface area contributed by atoms with Gasteiger partial charge in [-0.05, 0) is 31.0 Å². The maximum atomic E-state index is 13.7. The molecule has 0 radical (unpaired) electrons. The van der Waals surface area contributed by atoms with Gasteiger partial charge >= 0.3 is 5.97 Å². The van der Waals surface area contributed by atoms with Crippen LogP contribution in [0.2, 0.25) is 0 Å². The van der Waals surface area contributed by atoms with Gasteiger partial charge in [0.05, 0.1) is 12.5 Å². The lowest BCUT2D eigenvalue weighted by atomic mass is 9.98. The van der Waals surface area contributed by atoms with Crippen LogP contribution in [0, 0.1) is 17.6 Å². The molecule has 0 aromatic heterocycles. The van der Waals surface area contributed by atoms with Gasteiger partial charge < -0.3 is 9.47 Å². The summed E-state index contributed by atoms with van der Waals surface area (Å²) in [7, 11) is -2.65. The summed E-state index contributed by atoms with van der Waals surface area (Å²) in [6.07, 6.45) is 0.532. The van der Waals surface area contributed by atoms with Crippen LogP contribution in [0.1, 0.15) is 12.8 Å². The van der Waals surface area contributed by atoms with Gasteiger partial charge in [0.25, 0.3) is 0 Å². The Morgan fingerprint density at radius 2 is 1.92 bits per heavy atom. The first-order valence-corrected chi connectivity index (χ1v) is 8.91. The van der Waals surface area contributed by atoms with E-state index in [0.717, 1.165) is 16.4 Å². The zero-order valence-electron chi connectivity index (χ0n) is 13.2. The largest absolute Gasteiger partial charge is 0.463 e. The van der Waals surface area contributed by atoms with Gasteiger partial charge in [-0.25, -0.2) is 17.2 Å². The Kier molecular flexibility index (Phi) is 6.25. The van der Waals surface area contributed by atoms with Crippen molar-refractivity contribution in [1.82, 2.24) is 4.31 Å². The van der Waals surface area contributed by atoms with E-state index in [0.29, 0.717) is 6.07 Å². The lowest BCUT2D eigenvalue weighted by molar-refractivity contribution is -0.151. The quantitative estimate of drug-likeness (QED) is 0.566. The second-order valence-electron chi connectivity index (χ2n) is 5.41. The molecule has 1 saturated heterocycles. The molecule has 1 heterocycles. The summed E-state index contributed by atoms with van der Waals surface area (Å²) in [5, 5.41) is 0. The molecule has 0 saturated carbocycles. The molecular weight excluding hydrogens is 344 g/mol. The zero-order chi connectivity index (χ0) is 17.7. The Balaban J connectivity index is 2.01. The van der Waals surface area contributed by atoms with Crippen molar-refractivity contribution in [2.24, 2.45) is 5.92 Å². The third-order valence-electron chi connectivity index (χ3n) is 3.83. The van der Waals surface area contributed by atoms with Crippen molar-refractivity contribution in [1.29, 1.82) is 0 Å². The number of sulfonamides is 1. The van der Waals surface area contributed by atoms with E-state index in [2.05, 4.69) is 0 Å². The molecule has 0 atom stereocenters. The second kappa shape index (κ2) is 8.00. The number of rotatable bonds is 6. The summed E-state index contributed by atoms with van der Waals surface area (Å²) >= 11 is 0. The topological polar surface area (TPSA) is 72.9 Å². The number of benzene rings is 1. The fraction of sp³-hybridized carbons (Fsp3) is 0.533. The van der Waals surface area contributed by atoms with Gasteiger partial charge in [0.2, 0.25) is 10.0 Å². The predicted molar refractivity (Wildman–Crippen MR) is 80.7 cm³/mol. The molecule has 24 heavy (non-hydrogen) atoms. The van der Waals surface area contributed by atoms with Gasteiger partial charge in [0.15, 0.2) is 0 Å². The summed E-state index contributed by atoms with van der Waals surface area (Å²) in [6.45, 7) is 0.519. The SMILES string of the molecule is COCCOC(=O)C1CCN(S(=O)(=O)c2cc(F)ccc2F)CC1. The lowest BCUT2D eigenvalue weighted by Gasteiger charge is -2.30. The Labute approximate surface area is 139 Å². The van der Waals surface area contributed by atoms with Crippen molar-refractivity contribution < 1.29 is 31.5 Å². The van der Waals surface area contributed by atoms with Crippen LogP contribution < -0.4 is 0 Å². The van der Waals surface area contributed by atoms with Crippen LogP contribution in [-0.4, -0.2) is 52.1 Å². The Hall–Kier alpha value is -1.58. The summed E-state index contributed by atoms with van der Waals surface area (Å²) in [5.41, 5.74) is 0. The summed E-state index contributed by atoms with van der Waals surface area (Å²) < 4.78 is 62.7. The third-order valence-corrected chi connectivity index (χ3v) is 5.74. The van der Waals surface area contributed by atoms with Gasteiger partial charge in [-0.1, -0.05) is 0 Å². The molecule has 6 nitrogen and oxygen atoms in total. The van der Waals surface area contributed by atoms with Crippen molar-refractivity contribution in [3.8, 4) is 0 Å². The number of carbonyl (C=O) groups excluding carboxylic acids is 1.